The molecule has 0 radical (unpaired) electrons. The van der Waals surface area contributed by atoms with Crippen molar-refractivity contribution in [2.45, 2.75) is 17.2 Å². The van der Waals surface area contributed by atoms with E-state index in [1.54, 1.807) is 35.7 Å². The first-order valence-electron chi connectivity index (χ1n) is 7.96. The van der Waals surface area contributed by atoms with Crippen molar-refractivity contribution < 1.29 is 22.7 Å². The second-order valence-corrected chi connectivity index (χ2v) is 9.34. The van der Waals surface area contributed by atoms with Gasteiger partial charge >= 0.3 is 0 Å². The van der Waals surface area contributed by atoms with Crippen molar-refractivity contribution in [2.75, 3.05) is 26.3 Å². The smallest absolute Gasteiger partial charge is 0.252 e. The number of sulfonamides is 1. The van der Waals surface area contributed by atoms with E-state index in [9.17, 15) is 13.2 Å². The van der Waals surface area contributed by atoms with Gasteiger partial charge in [-0.25, -0.2) is 8.42 Å². The van der Waals surface area contributed by atoms with Crippen molar-refractivity contribution in [3.8, 4) is 5.75 Å². The van der Waals surface area contributed by atoms with Gasteiger partial charge in [0.2, 0.25) is 0 Å². The first-order valence-corrected chi connectivity index (χ1v) is 10.7. The van der Waals surface area contributed by atoms with Gasteiger partial charge in [0.1, 0.15) is 22.7 Å². The van der Waals surface area contributed by atoms with Crippen LogP contribution >= 0.6 is 22.9 Å². The Bertz CT molecular complexity index is 883. The molecule has 6 nitrogen and oxygen atoms in total. The van der Waals surface area contributed by atoms with Crippen molar-refractivity contribution in [1.29, 1.82) is 0 Å². The number of Topliss-reactive ketones (excluding diaryl/α,β-unsaturated/α-hetero) is 1. The molecule has 2 heterocycles. The van der Waals surface area contributed by atoms with Crippen molar-refractivity contribution in [2.24, 2.45) is 0 Å². The monoisotopic (exact) mass is 415 g/mol. The third-order valence-electron chi connectivity index (χ3n) is 3.94. The molecular weight excluding hydrogens is 398 g/mol. The number of ether oxygens (including phenoxy) is 2. The van der Waals surface area contributed by atoms with Gasteiger partial charge in [0, 0.05) is 18.1 Å². The Balaban J connectivity index is 1.67. The van der Waals surface area contributed by atoms with Crippen molar-refractivity contribution in [3.05, 3.63) is 46.3 Å². The van der Waals surface area contributed by atoms with Crippen molar-refractivity contribution in [3.63, 3.8) is 0 Å². The first-order chi connectivity index (χ1) is 12.4. The molecule has 3 rings (SSSR count). The normalized spacial score (nSPS) is 18.6. The number of carbonyl (C=O) groups is 1. The lowest BCUT2D eigenvalue weighted by Crippen LogP contribution is -2.47. The van der Waals surface area contributed by atoms with Crippen LogP contribution in [0.4, 0.5) is 0 Å². The topological polar surface area (TPSA) is 72.9 Å². The maximum absolute atomic E-state index is 12.6. The van der Waals surface area contributed by atoms with Gasteiger partial charge in [-0.05, 0) is 36.6 Å². The van der Waals surface area contributed by atoms with E-state index in [0.717, 1.165) is 0 Å². The number of rotatable bonds is 6. The maximum atomic E-state index is 12.6. The van der Waals surface area contributed by atoms with Crippen LogP contribution in [0.5, 0.6) is 5.75 Å². The minimum atomic E-state index is -3.52. The summed E-state index contributed by atoms with van der Waals surface area (Å²) in [6, 6.07) is 8.12. The number of thiophene rings is 1. The number of hydrogen-bond acceptors (Lipinski definition) is 6. The van der Waals surface area contributed by atoms with Crippen LogP contribution in [0, 0.1) is 0 Å². The zero-order chi connectivity index (χ0) is 18.7. The predicted octanol–water partition coefficient (Wildman–Crippen LogP) is 3.07. The van der Waals surface area contributed by atoms with Crippen LogP contribution in [0.2, 0.25) is 5.02 Å². The van der Waals surface area contributed by atoms with Gasteiger partial charge in [-0.15, -0.1) is 11.3 Å². The fourth-order valence-electron chi connectivity index (χ4n) is 2.63. The SMILES string of the molecule is CC(=O)c1cc(Cl)ccc1OCC1CN(S(=O)(=O)c2cccs2)CCO1. The van der Waals surface area contributed by atoms with E-state index in [0.29, 0.717) is 33.7 Å². The molecule has 1 unspecified atom stereocenters. The highest BCUT2D eigenvalue weighted by molar-refractivity contribution is 7.91. The van der Waals surface area contributed by atoms with Gasteiger partial charge in [-0.2, -0.15) is 4.31 Å². The average molecular weight is 416 g/mol. The summed E-state index contributed by atoms with van der Waals surface area (Å²) in [5, 5.41) is 2.18. The lowest BCUT2D eigenvalue weighted by atomic mass is 10.1. The van der Waals surface area contributed by atoms with Crippen molar-refractivity contribution in [1.82, 2.24) is 4.31 Å². The fourth-order valence-corrected chi connectivity index (χ4v) is 5.41. The summed E-state index contributed by atoms with van der Waals surface area (Å²) in [7, 11) is -3.52. The molecule has 26 heavy (non-hydrogen) atoms. The van der Waals surface area contributed by atoms with Gasteiger partial charge in [-0.1, -0.05) is 17.7 Å². The van der Waals surface area contributed by atoms with E-state index >= 15 is 0 Å². The Hall–Kier alpha value is -1.45. The highest BCUT2D eigenvalue weighted by atomic mass is 35.5. The fraction of sp³-hybridized carbons (Fsp3) is 0.353. The molecular formula is C17H18ClNO5S2. The van der Waals surface area contributed by atoms with E-state index in [4.69, 9.17) is 21.1 Å². The highest BCUT2D eigenvalue weighted by Crippen LogP contribution is 2.25. The van der Waals surface area contributed by atoms with E-state index in [1.807, 2.05) is 0 Å². The number of morpholine rings is 1. The molecule has 0 spiro atoms. The molecule has 0 amide bonds. The summed E-state index contributed by atoms with van der Waals surface area (Å²) in [4.78, 5) is 11.7. The highest BCUT2D eigenvalue weighted by Gasteiger charge is 2.31. The van der Waals surface area contributed by atoms with Crippen LogP contribution in [0.25, 0.3) is 0 Å². The van der Waals surface area contributed by atoms with E-state index < -0.39 is 16.1 Å². The van der Waals surface area contributed by atoms with Crippen LogP contribution < -0.4 is 4.74 Å². The standard InChI is InChI=1S/C17H18ClNO5S2/c1-12(20)15-9-13(18)4-5-16(15)24-11-14-10-19(6-7-23-14)26(21,22)17-3-2-8-25-17/h2-5,8-9,14H,6-7,10-11H2,1H3. The molecule has 1 aliphatic rings. The summed E-state index contributed by atoms with van der Waals surface area (Å²) in [5.41, 5.74) is 0.386. The van der Waals surface area contributed by atoms with Gasteiger partial charge in [0.25, 0.3) is 10.0 Å². The first kappa shape index (κ1) is 19.3. The summed E-state index contributed by atoms with van der Waals surface area (Å²) < 4.78 is 38.3. The number of nitrogens with zero attached hydrogens (tertiary/aromatic N) is 1. The summed E-state index contributed by atoms with van der Waals surface area (Å²) in [6.07, 6.45) is -0.422. The Morgan fingerprint density at radius 3 is 2.92 bits per heavy atom. The molecule has 0 aliphatic carbocycles. The van der Waals surface area contributed by atoms with Gasteiger partial charge in [0.15, 0.2) is 5.78 Å². The van der Waals surface area contributed by atoms with Crippen molar-refractivity contribution >= 4 is 38.7 Å². The molecule has 1 fully saturated rings. The van der Waals surface area contributed by atoms with Crippen LogP contribution in [-0.2, 0) is 14.8 Å². The van der Waals surface area contributed by atoms with Crippen LogP contribution in [0.15, 0.2) is 39.9 Å². The lowest BCUT2D eigenvalue weighted by Gasteiger charge is -2.31. The molecule has 0 bridgehead atoms. The summed E-state index contributed by atoms with van der Waals surface area (Å²) in [5.74, 6) is 0.248. The number of halogens is 1. The van der Waals surface area contributed by atoms with Crippen LogP contribution in [0.1, 0.15) is 17.3 Å². The van der Waals surface area contributed by atoms with E-state index in [-0.39, 0.29) is 18.9 Å². The molecule has 9 heteroatoms. The number of ketones is 1. The third kappa shape index (κ3) is 4.27. The minimum absolute atomic E-state index is 0.137. The molecule has 0 N–H and O–H groups in total. The second-order valence-electron chi connectivity index (χ2n) is 5.80. The Morgan fingerprint density at radius 2 is 2.23 bits per heavy atom. The van der Waals surface area contributed by atoms with Gasteiger partial charge in [-0.3, -0.25) is 4.79 Å². The molecule has 2 aromatic rings. The molecule has 0 saturated carbocycles. The largest absolute Gasteiger partial charge is 0.490 e. The lowest BCUT2D eigenvalue weighted by molar-refractivity contribution is -0.0250. The zero-order valence-electron chi connectivity index (χ0n) is 14.1. The number of carbonyl (C=O) groups excluding carboxylic acids is 1. The second kappa shape index (κ2) is 8.06. The third-order valence-corrected chi connectivity index (χ3v) is 7.41. The molecule has 1 saturated heterocycles. The zero-order valence-corrected chi connectivity index (χ0v) is 16.4. The molecule has 1 atom stereocenters. The molecule has 140 valence electrons. The number of hydrogen-bond donors (Lipinski definition) is 0. The van der Waals surface area contributed by atoms with Gasteiger partial charge in [0.05, 0.1) is 12.2 Å². The maximum Gasteiger partial charge on any atom is 0.252 e. The summed E-state index contributed by atoms with van der Waals surface area (Å²) >= 11 is 7.11. The summed E-state index contributed by atoms with van der Waals surface area (Å²) in [6.45, 7) is 2.36. The molecule has 1 aromatic carbocycles. The van der Waals surface area contributed by atoms with E-state index in [1.165, 1.54) is 22.6 Å². The van der Waals surface area contributed by atoms with Crippen LogP contribution in [-0.4, -0.2) is 50.9 Å². The minimum Gasteiger partial charge on any atom is -0.490 e. The Labute approximate surface area is 161 Å². The molecule has 1 aliphatic heterocycles. The average Bonchev–Trinajstić information content (AvgIpc) is 3.16. The Morgan fingerprint density at radius 1 is 1.42 bits per heavy atom. The Kier molecular flexibility index (Phi) is 5.99. The molecule has 1 aromatic heterocycles. The number of benzene rings is 1. The predicted molar refractivity (Wildman–Crippen MR) is 99.8 cm³/mol. The van der Waals surface area contributed by atoms with Crippen LogP contribution in [0.3, 0.4) is 0 Å². The quantitative estimate of drug-likeness (QED) is 0.678. The van der Waals surface area contributed by atoms with Gasteiger partial charge < -0.3 is 9.47 Å². The van der Waals surface area contributed by atoms with E-state index in [2.05, 4.69) is 0 Å².